The van der Waals surface area contributed by atoms with E-state index in [2.05, 4.69) is 106 Å². The van der Waals surface area contributed by atoms with Crippen LogP contribution in [0.1, 0.15) is 36.1 Å². The highest BCUT2D eigenvalue weighted by Crippen LogP contribution is 2.25. The van der Waals surface area contributed by atoms with E-state index in [4.69, 9.17) is 0 Å². The van der Waals surface area contributed by atoms with Gasteiger partial charge in [-0.15, -0.1) is 0 Å². The van der Waals surface area contributed by atoms with Gasteiger partial charge in [-0.1, -0.05) is 97.9 Å². The van der Waals surface area contributed by atoms with Gasteiger partial charge < -0.3 is 0 Å². The largest absolute Gasteiger partial charge is 0.0792 e. The van der Waals surface area contributed by atoms with Crippen molar-refractivity contribution in [2.75, 3.05) is 0 Å². The van der Waals surface area contributed by atoms with Crippen molar-refractivity contribution < 1.29 is 0 Å². The summed E-state index contributed by atoms with van der Waals surface area (Å²) in [6, 6.07) is 29.5. The van der Waals surface area contributed by atoms with Gasteiger partial charge in [-0.05, 0) is 48.1 Å². The van der Waals surface area contributed by atoms with Crippen LogP contribution in [-0.4, -0.2) is 0 Å². The zero-order valence-electron chi connectivity index (χ0n) is 14.9. The van der Waals surface area contributed by atoms with Crippen LogP contribution in [0.3, 0.4) is 0 Å². The van der Waals surface area contributed by atoms with Crippen LogP contribution in [0.5, 0.6) is 0 Å². The molecule has 24 heavy (non-hydrogen) atoms. The number of rotatable bonds is 3. The van der Waals surface area contributed by atoms with E-state index in [1.165, 1.54) is 27.8 Å². The molecule has 0 fully saturated rings. The number of hydrogen-bond acceptors (Lipinski definition) is 0. The van der Waals surface area contributed by atoms with Crippen molar-refractivity contribution in [3.05, 3.63) is 113 Å². The van der Waals surface area contributed by atoms with E-state index in [1.807, 2.05) is 6.07 Å². The average molecular weight is 314 g/mol. The summed E-state index contributed by atoms with van der Waals surface area (Å²) in [7, 11) is 0. The molecule has 0 bridgehead atoms. The van der Waals surface area contributed by atoms with Crippen molar-refractivity contribution in [1.82, 2.24) is 0 Å². The fraction of sp³-hybridized carbons (Fsp3) is 0.167. The maximum Gasteiger partial charge on any atom is -0.0152 e. The second-order valence-corrected chi connectivity index (χ2v) is 5.72. The maximum atomic E-state index is 2.18. The lowest BCUT2D eigenvalue weighted by atomic mass is 9.94. The summed E-state index contributed by atoms with van der Waals surface area (Å²) in [5, 5.41) is 0. The van der Waals surface area contributed by atoms with E-state index >= 15 is 0 Å². The summed E-state index contributed by atoms with van der Waals surface area (Å²) < 4.78 is 0. The van der Waals surface area contributed by atoms with Crippen LogP contribution in [-0.2, 0) is 6.42 Å². The Morgan fingerprint density at radius 1 is 0.750 bits per heavy atom. The minimum atomic E-state index is 1.14. The van der Waals surface area contributed by atoms with Crippen molar-refractivity contribution >= 4 is 5.57 Å². The molecule has 3 aromatic rings. The Labute approximate surface area is 146 Å². The first kappa shape index (κ1) is 17.7. The van der Waals surface area contributed by atoms with Gasteiger partial charge in [0.2, 0.25) is 0 Å². The smallest absolute Gasteiger partial charge is 0.0152 e. The van der Waals surface area contributed by atoms with Crippen LogP contribution in [0.4, 0.5) is 0 Å². The lowest BCUT2D eigenvalue weighted by molar-refractivity contribution is 1.14. The van der Waals surface area contributed by atoms with E-state index in [-0.39, 0.29) is 0 Å². The Morgan fingerprint density at radius 3 is 1.79 bits per heavy atom. The fourth-order valence-electron chi connectivity index (χ4n) is 2.68. The van der Waals surface area contributed by atoms with Gasteiger partial charge >= 0.3 is 0 Å². The third kappa shape index (κ3) is 4.96. The zero-order chi connectivity index (χ0) is 17.2. The molecular weight excluding hydrogens is 288 g/mol. The molecule has 0 saturated carbocycles. The van der Waals surface area contributed by atoms with Crippen LogP contribution < -0.4 is 0 Å². The number of aryl methyl sites for hydroxylation is 2. The molecule has 0 N–H and O–H groups in total. The second kappa shape index (κ2) is 9.52. The third-order valence-electron chi connectivity index (χ3n) is 4.06. The van der Waals surface area contributed by atoms with Crippen LogP contribution >= 0.6 is 0 Å². The molecule has 0 saturated heterocycles. The monoisotopic (exact) mass is 314 g/mol. The summed E-state index contributed by atoms with van der Waals surface area (Å²) in [6.07, 6.45) is 3.32. The molecule has 122 valence electrons. The van der Waals surface area contributed by atoms with E-state index in [0.29, 0.717) is 0 Å². The predicted molar refractivity (Wildman–Crippen MR) is 106 cm³/mol. The van der Waals surface area contributed by atoms with Gasteiger partial charge in [-0.25, -0.2) is 0 Å². The lowest BCUT2D eigenvalue weighted by Gasteiger charge is -2.10. The topological polar surface area (TPSA) is 0 Å². The fourth-order valence-corrected chi connectivity index (χ4v) is 2.68. The van der Waals surface area contributed by atoms with Crippen LogP contribution in [0.25, 0.3) is 5.57 Å². The Hall–Kier alpha value is -2.60. The van der Waals surface area contributed by atoms with Crippen LogP contribution in [0.15, 0.2) is 91.0 Å². The van der Waals surface area contributed by atoms with Gasteiger partial charge in [0.25, 0.3) is 0 Å². The molecule has 0 amide bonds. The second-order valence-electron chi connectivity index (χ2n) is 5.72. The van der Waals surface area contributed by atoms with E-state index in [1.54, 1.807) is 0 Å². The molecule has 0 radical (unpaired) electrons. The van der Waals surface area contributed by atoms with Gasteiger partial charge in [0, 0.05) is 0 Å². The van der Waals surface area contributed by atoms with Gasteiger partial charge in [0.05, 0.1) is 0 Å². The first-order chi connectivity index (χ1) is 11.8. The summed E-state index contributed by atoms with van der Waals surface area (Å²) in [6.45, 7) is 6.41. The molecule has 0 aromatic heterocycles. The molecule has 0 heteroatoms. The molecule has 0 aliphatic rings. The molecule has 3 aromatic carbocycles. The molecule has 0 aliphatic carbocycles. The Balaban J connectivity index is 0.000000219. The Bertz CT molecular complexity index is 752. The van der Waals surface area contributed by atoms with Crippen molar-refractivity contribution in [3.8, 4) is 0 Å². The van der Waals surface area contributed by atoms with Crippen molar-refractivity contribution in [2.45, 2.75) is 27.2 Å². The maximum absolute atomic E-state index is 2.18. The van der Waals surface area contributed by atoms with E-state index in [9.17, 15) is 0 Å². The van der Waals surface area contributed by atoms with Gasteiger partial charge in [-0.2, -0.15) is 0 Å². The summed E-state index contributed by atoms with van der Waals surface area (Å²) in [5.74, 6) is 0. The number of hydrogen-bond donors (Lipinski definition) is 0. The lowest BCUT2D eigenvalue weighted by Crippen LogP contribution is -1.90. The highest BCUT2D eigenvalue weighted by molar-refractivity contribution is 5.81. The molecule has 0 unspecified atom stereocenters. The molecule has 3 rings (SSSR count). The normalized spacial score (nSPS) is 10.7. The molecule has 0 atom stereocenters. The van der Waals surface area contributed by atoms with Crippen LogP contribution in [0.2, 0.25) is 0 Å². The minimum absolute atomic E-state index is 1.14. The van der Waals surface area contributed by atoms with E-state index < -0.39 is 0 Å². The quantitative estimate of drug-likeness (QED) is 0.505. The number of allylic oxidation sites excluding steroid dienone is 1. The zero-order valence-corrected chi connectivity index (χ0v) is 14.9. The van der Waals surface area contributed by atoms with Gasteiger partial charge in [-0.3, -0.25) is 0 Å². The molecule has 0 aliphatic heterocycles. The molecule has 0 spiro atoms. The average Bonchev–Trinajstić information content (AvgIpc) is 2.66. The summed E-state index contributed by atoms with van der Waals surface area (Å²) in [4.78, 5) is 0. The van der Waals surface area contributed by atoms with E-state index in [0.717, 1.165) is 6.42 Å². The first-order valence-corrected chi connectivity index (χ1v) is 8.58. The standard InChI is InChI=1S/C16H16.C8H10/c1-3-15(14-10-5-4-6-11-14)16-12-8-7-9-13(16)2;1-2-8-6-4-3-5-7-8/h3-12H,1-2H3;3-7H,2H2,1H3/b15-3-;. The van der Waals surface area contributed by atoms with Crippen molar-refractivity contribution in [1.29, 1.82) is 0 Å². The third-order valence-corrected chi connectivity index (χ3v) is 4.06. The highest BCUT2D eigenvalue weighted by Gasteiger charge is 2.05. The minimum Gasteiger partial charge on any atom is -0.0792 e. The predicted octanol–water partition coefficient (Wildman–Crippen LogP) is 6.70. The van der Waals surface area contributed by atoms with Crippen molar-refractivity contribution in [3.63, 3.8) is 0 Å². The highest BCUT2D eigenvalue weighted by atomic mass is 14.1. The molecule has 0 heterocycles. The Morgan fingerprint density at radius 2 is 1.29 bits per heavy atom. The summed E-state index contributed by atoms with van der Waals surface area (Å²) in [5.41, 5.74) is 6.63. The Kier molecular flexibility index (Phi) is 7.04. The number of benzene rings is 3. The summed E-state index contributed by atoms with van der Waals surface area (Å²) >= 11 is 0. The SMILES string of the molecule is C/C=C(/c1ccccc1)c1ccccc1C.CCc1ccccc1. The first-order valence-electron chi connectivity index (χ1n) is 8.58. The van der Waals surface area contributed by atoms with Gasteiger partial charge in [0.1, 0.15) is 0 Å². The van der Waals surface area contributed by atoms with Crippen molar-refractivity contribution in [2.24, 2.45) is 0 Å². The van der Waals surface area contributed by atoms with Crippen LogP contribution in [0, 0.1) is 6.92 Å². The molecule has 0 nitrogen and oxygen atoms in total. The van der Waals surface area contributed by atoms with Gasteiger partial charge in [0.15, 0.2) is 0 Å². The molecular formula is C24H26.